The number of carbonyl (C=O) groups excluding carboxylic acids is 1. The molecule has 1 saturated heterocycles. The van der Waals surface area contributed by atoms with Crippen LogP contribution >= 0.6 is 0 Å². The molecule has 1 aliphatic heterocycles. The summed E-state index contributed by atoms with van der Waals surface area (Å²) >= 11 is 0. The van der Waals surface area contributed by atoms with Crippen molar-refractivity contribution in [3.05, 3.63) is 42.4 Å². The van der Waals surface area contributed by atoms with E-state index in [0.29, 0.717) is 31.6 Å². The molecule has 1 amide bonds. The minimum Gasteiger partial charge on any atom is -0.481 e. The number of hydrogen-bond acceptors (Lipinski definition) is 4. The van der Waals surface area contributed by atoms with E-state index >= 15 is 0 Å². The first-order chi connectivity index (χ1) is 13.1. The van der Waals surface area contributed by atoms with Crippen molar-refractivity contribution in [2.24, 2.45) is 0 Å². The maximum atomic E-state index is 12.6. The van der Waals surface area contributed by atoms with Gasteiger partial charge in [-0.25, -0.2) is 4.98 Å². The van der Waals surface area contributed by atoms with Crippen molar-refractivity contribution in [3.63, 3.8) is 0 Å². The number of aromatic nitrogens is 1. The molecule has 6 heteroatoms. The first kappa shape index (κ1) is 19.1. The van der Waals surface area contributed by atoms with Crippen molar-refractivity contribution in [2.75, 3.05) is 6.54 Å². The normalized spacial score (nSPS) is 17.0. The lowest BCUT2D eigenvalue weighted by molar-refractivity contribution is -0.140. The lowest BCUT2D eigenvalue weighted by Gasteiger charge is -2.35. The Morgan fingerprint density at radius 2 is 2.00 bits per heavy atom. The van der Waals surface area contributed by atoms with Gasteiger partial charge in [0, 0.05) is 37.4 Å². The molecule has 2 heterocycles. The number of nitrogens with zero attached hydrogens (tertiary/aromatic N) is 2. The van der Waals surface area contributed by atoms with Gasteiger partial charge in [0.1, 0.15) is 0 Å². The molecule has 1 aromatic heterocycles. The second kappa shape index (κ2) is 9.35. The van der Waals surface area contributed by atoms with Crippen LogP contribution in [0.5, 0.6) is 0 Å². The Labute approximate surface area is 159 Å². The van der Waals surface area contributed by atoms with Crippen molar-refractivity contribution >= 4 is 11.9 Å². The van der Waals surface area contributed by atoms with E-state index in [4.69, 9.17) is 9.52 Å². The number of carbonyl (C=O) groups is 2. The smallest absolute Gasteiger partial charge is 0.303 e. The largest absolute Gasteiger partial charge is 0.481 e. The van der Waals surface area contributed by atoms with Gasteiger partial charge in [-0.1, -0.05) is 30.3 Å². The summed E-state index contributed by atoms with van der Waals surface area (Å²) in [5.41, 5.74) is 0.988. The van der Waals surface area contributed by atoms with E-state index < -0.39 is 5.97 Å². The van der Waals surface area contributed by atoms with Crippen LogP contribution < -0.4 is 0 Å². The van der Waals surface area contributed by atoms with Gasteiger partial charge < -0.3 is 14.4 Å². The molecule has 3 rings (SSSR count). The Kier molecular flexibility index (Phi) is 6.63. The average molecular weight is 370 g/mol. The monoisotopic (exact) mass is 370 g/mol. The number of oxazole rings is 1. The lowest BCUT2D eigenvalue weighted by atomic mass is 9.97. The predicted octanol–water partition coefficient (Wildman–Crippen LogP) is 3.91. The summed E-state index contributed by atoms with van der Waals surface area (Å²) in [5, 5.41) is 8.90. The number of aryl methyl sites for hydroxylation is 1. The highest BCUT2D eigenvalue weighted by Crippen LogP contribution is 2.23. The molecule has 1 N–H and O–H groups in total. The topological polar surface area (TPSA) is 83.6 Å². The number of amides is 1. The molecule has 0 bridgehead atoms. The van der Waals surface area contributed by atoms with Crippen molar-refractivity contribution in [2.45, 2.75) is 57.4 Å². The SMILES string of the molecule is O=C(O)CCC1CCCCN1C(=O)CCCc1ncc(-c2ccccc2)o1. The first-order valence-corrected chi connectivity index (χ1v) is 9.65. The number of piperidine rings is 1. The molecule has 1 fully saturated rings. The maximum absolute atomic E-state index is 12.6. The zero-order chi connectivity index (χ0) is 19.1. The Balaban J connectivity index is 1.48. The average Bonchev–Trinajstić information content (AvgIpc) is 3.16. The van der Waals surface area contributed by atoms with E-state index in [2.05, 4.69) is 4.98 Å². The van der Waals surface area contributed by atoms with Crippen molar-refractivity contribution in [3.8, 4) is 11.3 Å². The number of aliphatic carboxylic acids is 1. The number of rotatable bonds is 8. The third-order valence-electron chi connectivity index (χ3n) is 5.03. The molecular formula is C21H26N2O4. The van der Waals surface area contributed by atoms with Crippen molar-refractivity contribution < 1.29 is 19.1 Å². The van der Waals surface area contributed by atoms with Gasteiger partial charge in [0.2, 0.25) is 5.91 Å². The minimum absolute atomic E-state index is 0.0637. The van der Waals surface area contributed by atoms with Gasteiger partial charge in [0.05, 0.1) is 6.20 Å². The zero-order valence-electron chi connectivity index (χ0n) is 15.5. The zero-order valence-corrected chi connectivity index (χ0v) is 15.5. The first-order valence-electron chi connectivity index (χ1n) is 9.65. The molecule has 0 radical (unpaired) electrons. The second-order valence-corrected chi connectivity index (χ2v) is 7.01. The Hall–Kier alpha value is -2.63. The fourth-order valence-electron chi connectivity index (χ4n) is 3.62. The summed E-state index contributed by atoms with van der Waals surface area (Å²) in [4.78, 5) is 29.6. The van der Waals surface area contributed by atoms with E-state index in [1.165, 1.54) is 0 Å². The molecule has 2 aromatic rings. The summed E-state index contributed by atoms with van der Waals surface area (Å²) < 4.78 is 5.78. The lowest BCUT2D eigenvalue weighted by Crippen LogP contribution is -2.43. The fraction of sp³-hybridized carbons (Fsp3) is 0.476. The van der Waals surface area contributed by atoms with Crippen LogP contribution in [-0.2, 0) is 16.0 Å². The van der Waals surface area contributed by atoms with Crippen molar-refractivity contribution in [1.29, 1.82) is 0 Å². The summed E-state index contributed by atoms with van der Waals surface area (Å²) in [6.07, 6.45) is 7.07. The van der Waals surface area contributed by atoms with Crippen LogP contribution in [0, 0.1) is 0 Å². The van der Waals surface area contributed by atoms with E-state index in [0.717, 1.165) is 37.1 Å². The van der Waals surface area contributed by atoms with Gasteiger partial charge in [-0.3, -0.25) is 9.59 Å². The number of carboxylic acid groups (broad SMARTS) is 1. The Morgan fingerprint density at radius 3 is 2.78 bits per heavy atom. The van der Waals surface area contributed by atoms with Crippen LogP contribution in [0.1, 0.15) is 50.8 Å². The molecular weight excluding hydrogens is 344 g/mol. The molecule has 6 nitrogen and oxygen atoms in total. The quantitative estimate of drug-likeness (QED) is 0.762. The highest BCUT2D eigenvalue weighted by atomic mass is 16.4. The predicted molar refractivity (Wildman–Crippen MR) is 101 cm³/mol. The third kappa shape index (κ3) is 5.42. The molecule has 1 unspecified atom stereocenters. The second-order valence-electron chi connectivity index (χ2n) is 7.01. The summed E-state index contributed by atoms with van der Waals surface area (Å²) in [7, 11) is 0. The van der Waals surface area contributed by atoms with Gasteiger partial charge in [-0.05, 0) is 32.1 Å². The molecule has 1 aromatic carbocycles. The van der Waals surface area contributed by atoms with Crippen LogP contribution in [0.15, 0.2) is 40.9 Å². The summed E-state index contributed by atoms with van der Waals surface area (Å²) in [6.45, 7) is 0.736. The van der Waals surface area contributed by atoms with Crippen molar-refractivity contribution in [1.82, 2.24) is 9.88 Å². The van der Waals surface area contributed by atoms with E-state index in [-0.39, 0.29) is 18.4 Å². The maximum Gasteiger partial charge on any atom is 0.303 e. The van der Waals surface area contributed by atoms with Crippen LogP contribution in [0.25, 0.3) is 11.3 Å². The fourth-order valence-corrected chi connectivity index (χ4v) is 3.62. The van der Waals surface area contributed by atoms with Crippen LogP contribution in [0.4, 0.5) is 0 Å². The van der Waals surface area contributed by atoms with Crippen LogP contribution in [0.2, 0.25) is 0 Å². The van der Waals surface area contributed by atoms with Crippen LogP contribution in [-0.4, -0.2) is 39.5 Å². The molecule has 144 valence electrons. The third-order valence-corrected chi connectivity index (χ3v) is 5.03. The van der Waals surface area contributed by atoms with Gasteiger partial charge in [0.25, 0.3) is 0 Å². The molecule has 1 aliphatic rings. The standard InChI is InChI=1S/C21H26N2O4/c24-20(23-14-5-4-9-17(23)12-13-21(25)26)11-6-10-19-22-15-18(27-19)16-7-2-1-3-8-16/h1-3,7-8,15,17H,4-6,9-14H2,(H,25,26). The number of hydrogen-bond donors (Lipinski definition) is 1. The van der Waals surface area contributed by atoms with E-state index in [9.17, 15) is 9.59 Å². The number of benzene rings is 1. The van der Waals surface area contributed by atoms with Gasteiger partial charge in [-0.15, -0.1) is 0 Å². The van der Waals surface area contributed by atoms with E-state index in [1.54, 1.807) is 6.20 Å². The van der Waals surface area contributed by atoms with Gasteiger partial charge >= 0.3 is 5.97 Å². The highest BCUT2D eigenvalue weighted by Gasteiger charge is 2.26. The number of likely N-dealkylation sites (tertiary alicyclic amines) is 1. The van der Waals surface area contributed by atoms with E-state index in [1.807, 2.05) is 35.2 Å². The van der Waals surface area contributed by atoms with Gasteiger partial charge in [-0.2, -0.15) is 0 Å². The number of carboxylic acids is 1. The molecule has 0 saturated carbocycles. The molecule has 1 atom stereocenters. The summed E-state index contributed by atoms with van der Waals surface area (Å²) in [6, 6.07) is 9.87. The molecule has 27 heavy (non-hydrogen) atoms. The molecule has 0 aliphatic carbocycles. The van der Waals surface area contributed by atoms with Gasteiger partial charge in [0.15, 0.2) is 11.7 Å². The van der Waals surface area contributed by atoms with Crippen LogP contribution in [0.3, 0.4) is 0 Å². The highest BCUT2D eigenvalue weighted by molar-refractivity contribution is 5.76. The minimum atomic E-state index is -0.800. The Bertz CT molecular complexity index is 757. The summed E-state index contributed by atoms with van der Waals surface area (Å²) in [5.74, 6) is 0.690. The Morgan fingerprint density at radius 1 is 1.19 bits per heavy atom. The molecule has 0 spiro atoms.